The largest absolute Gasteiger partial charge is 0.381 e. The predicted molar refractivity (Wildman–Crippen MR) is 69.0 cm³/mol. The monoisotopic (exact) mass is 242 g/mol. The number of carbonyl (C=O) groups excluding carboxylic acids is 1. The van der Waals surface area contributed by atoms with Crippen molar-refractivity contribution in [2.75, 3.05) is 26.3 Å². The topological polar surface area (TPSA) is 50.4 Å². The molecule has 0 aliphatic heterocycles. The number of amides is 1. The lowest BCUT2D eigenvalue weighted by atomic mass is 10.3. The molecule has 1 aliphatic rings. The van der Waals surface area contributed by atoms with E-state index in [0.717, 1.165) is 52.0 Å². The van der Waals surface area contributed by atoms with E-state index in [0.29, 0.717) is 12.5 Å². The highest BCUT2D eigenvalue weighted by atomic mass is 16.5. The van der Waals surface area contributed by atoms with E-state index in [1.54, 1.807) is 0 Å². The van der Waals surface area contributed by atoms with Crippen LogP contribution >= 0.6 is 0 Å². The van der Waals surface area contributed by atoms with Crippen LogP contribution in [0.4, 0.5) is 0 Å². The molecule has 0 aromatic rings. The van der Waals surface area contributed by atoms with Gasteiger partial charge in [0.1, 0.15) is 0 Å². The van der Waals surface area contributed by atoms with Gasteiger partial charge >= 0.3 is 0 Å². The number of nitrogens with one attached hydrogen (secondary N) is 2. The molecule has 0 aromatic heterocycles. The fourth-order valence-corrected chi connectivity index (χ4v) is 1.50. The number of hydrogen-bond donors (Lipinski definition) is 2. The number of rotatable bonds is 11. The standard InChI is InChI=1S/C13H26N2O2/c1-2-3-10-17-11-4-8-14-9-7-13(16)15-12-5-6-12/h12,14H,2-11H2,1H3,(H,15,16). The van der Waals surface area contributed by atoms with Gasteiger partial charge in [0.15, 0.2) is 0 Å². The van der Waals surface area contributed by atoms with Crippen LogP contribution in [0.15, 0.2) is 0 Å². The molecule has 0 atom stereocenters. The van der Waals surface area contributed by atoms with Crippen LogP contribution in [0.25, 0.3) is 0 Å². The molecule has 1 aliphatic carbocycles. The molecule has 0 unspecified atom stereocenters. The fraction of sp³-hybridized carbons (Fsp3) is 0.923. The second-order valence-corrected chi connectivity index (χ2v) is 4.66. The first-order valence-corrected chi connectivity index (χ1v) is 6.90. The third-order valence-electron chi connectivity index (χ3n) is 2.76. The van der Waals surface area contributed by atoms with E-state index in [-0.39, 0.29) is 5.91 Å². The van der Waals surface area contributed by atoms with Crippen LogP contribution in [0.2, 0.25) is 0 Å². The van der Waals surface area contributed by atoms with Crippen LogP contribution in [-0.2, 0) is 9.53 Å². The minimum absolute atomic E-state index is 0.180. The zero-order valence-electron chi connectivity index (χ0n) is 11.0. The van der Waals surface area contributed by atoms with Crippen molar-refractivity contribution >= 4 is 5.91 Å². The normalized spacial score (nSPS) is 14.9. The fourth-order valence-electron chi connectivity index (χ4n) is 1.50. The predicted octanol–water partition coefficient (Wildman–Crippen LogP) is 1.45. The minimum atomic E-state index is 0.180. The van der Waals surface area contributed by atoms with Crippen molar-refractivity contribution in [1.82, 2.24) is 10.6 Å². The Kier molecular flexibility index (Phi) is 8.01. The molecule has 0 aromatic carbocycles. The maximum Gasteiger partial charge on any atom is 0.221 e. The van der Waals surface area contributed by atoms with Crippen molar-refractivity contribution in [1.29, 1.82) is 0 Å². The van der Waals surface area contributed by atoms with Gasteiger partial charge in [-0.1, -0.05) is 13.3 Å². The minimum Gasteiger partial charge on any atom is -0.381 e. The van der Waals surface area contributed by atoms with E-state index in [9.17, 15) is 4.79 Å². The van der Waals surface area contributed by atoms with E-state index < -0.39 is 0 Å². The number of unbranched alkanes of at least 4 members (excludes halogenated alkanes) is 1. The molecule has 1 saturated carbocycles. The Morgan fingerprint density at radius 1 is 1.24 bits per heavy atom. The van der Waals surface area contributed by atoms with Gasteiger partial charge in [-0.3, -0.25) is 4.79 Å². The molecule has 0 radical (unpaired) electrons. The van der Waals surface area contributed by atoms with Gasteiger partial charge in [0.05, 0.1) is 0 Å². The van der Waals surface area contributed by atoms with Crippen LogP contribution < -0.4 is 10.6 Å². The van der Waals surface area contributed by atoms with Crippen molar-refractivity contribution in [3.63, 3.8) is 0 Å². The average molecular weight is 242 g/mol. The second-order valence-electron chi connectivity index (χ2n) is 4.66. The summed E-state index contributed by atoms with van der Waals surface area (Å²) >= 11 is 0. The first kappa shape index (κ1) is 14.5. The molecular weight excluding hydrogens is 216 g/mol. The Morgan fingerprint density at radius 2 is 2.00 bits per heavy atom. The highest BCUT2D eigenvalue weighted by molar-refractivity contribution is 5.76. The van der Waals surface area contributed by atoms with Crippen molar-refractivity contribution < 1.29 is 9.53 Å². The number of hydrogen-bond acceptors (Lipinski definition) is 3. The zero-order chi connectivity index (χ0) is 12.3. The molecule has 4 nitrogen and oxygen atoms in total. The van der Waals surface area contributed by atoms with Gasteiger partial charge in [-0.2, -0.15) is 0 Å². The van der Waals surface area contributed by atoms with E-state index in [2.05, 4.69) is 17.6 Å². The van der Waals surface area contributed by atoms with Crippen molar-refractivity contribution in [3.05, 3.63) is 0 Å². The van der Waals surface area contributed by atoms with Crippen LogP contribution in [0.1, 0.15) is 45.4 Å². The van der Waals surface area contributed by atoms with Crippen LogP contribution in [0.3, 0.4) is 0 Å². The molecule has 0 heterocycles. The van der Waals surface area contributed by atoms with Crippen molar-refractivity contribution in [2.45, 2.75) is 51.5 Å². The van der Waals surface area contributed by atoms with Crippen molar-refractivity contribution in [2.24, 2.45) is 0 Å². The summed E-state index contributed by atoms with van der Waals surface area (Å²) in [4.78, 5) is 11.3. The summed E-state index contributed by atoms with van der Waals surface area (Å²) in [7, 11) is 0. The van der Waals surface area contributed by atoms with E-state index in [1.807, 2.05) is 0 Å². The number of ether oxygens (including phenoxy) is 1. The SMILES string of the molecule is CCCCOCCCNCCC(=O)NC1CC1. The molecule has 1 fully saturated rings. The van der Waals surface area contributed by atoms with Gasteiger partial charge in [0, 0.05) is 32.2 Å². The summed E-state index contributed by atoms with van der Waals surface area (Å²) in [6.07, 6.45) is 6.27. The molecular formula is C13H26N2O2. The van der Waals surface area contributed by atoms with Gasteiger partial charge in [0.25, 0.3) is 0 Å². The van der Waals surface area contributed by atoms with Crippen molar-refractivity contribution in [3.8, 4) is 0 Å². The Morgan fingerprint density at radius 3 is 2.71 bits per heavy atom. The maximum atomic E-state index is 11.3. The van der Waals surface area contributed by atoms with Gasteiger partial charge in [-0.15, -0.1) is 0 Å². The summed E-state index contributed by atoms with van der Waals surface area (Å²) in [5, 5.41) is 6.24. The molecule has 100 valence electrons. The second kappa shape index (κ2) is 9.42. The van der Waals surface area contributed by atoms with E-state index in [4.69, 9.17) is 4.74 Å². The molecule has 0 saturated heterocycles. The first-order valence-electron chi connectivity index (χ1n) is 6.90. The summed E-state index contributed by atoms with van der Waals surface area (Å²) in [6.45, 7) is 5.56. The lowest BCUT2D eigenvalue weighted by Crippen LogP contribution is -2.29. The van der Waals surface area contributed by atoms with Gasteiger partial charge < -0.3 is 15.4 Å². The summed E-state index contributed by atoms with van der Waals surface area (Å²) in [6, 6.07) is 0.481. The summed E-state index contributed by atoms with van der Waals surface area (Å²) < 4.78 is 5.44. The van der Waals surface area contributed by atoms with Crippen LogP contribution in [0, 0.1) is 0 Å². The lowest BCUT2D eigenvalue weighted by molar-refractivity contribution is -0.121. The lowest BCUT2D eigenvalue weighted by Gasteiger charge is -2.06. The Balaban J connectivity index is 1.73. The average Bonchev–Trinajstić information content (AvgIpc) is 3.11. The van der Waals surface area contributed by atoms with Gasteiger partial charge in [-0.25, -0.2) is 0 Å². The van der Waals surface area contributed by atoms with Crippen LogP contribution in [-0.4, -0.2) is 38.3 Å². The molecule has 0 spiro atoms. The third kappa shape index (κ3) is 9.12. The summed E-state index contributed by atoms with van der Waals surface area (Å²) in [5.74, 6) is 0.180. The molecule has 2 N–H and O–H groups in total. The smallest absolute Gasteiger partial charge is 0.221 e. The van der Waals surface area contributed by atoms with Gasteiger partial charge in [0.2, 0.25) is 5.91 Å². The molecule has 4 heteroatoms. The van der Waals surface area contributed by atoms with Crippen LogP contribution in [0.5, 0.6) is 0 Å². The molecule has 0 bridgehead atoms. The maximum absolute atomic E-state index is 11.3. The van der Waals surface area contributed by atoms with E-state index in [1.165, 1.54) is 6.42 Å². The Hall–Kier alpha value is -0.610. The third-order valence-corrected chi connectivity index (χ3v) is 2.76. The Labute approximate surface area is 104 Å². The highest BCUT2D eigenvalue weighted by Crippen LogP contribution is 2.18. The molecule has 17 heavy (non-hydrogen) atoms. The zero-order valence-corrected chi connectivity index (χ0v) is 11.0. The molecule has 1 amide bonds. The van der Waals surface area contributed by atoms with Gasteiger partial charge in [-0.05, 0) is 32.2 Å². The Bertz CT molecular complexity index is 206. The highest BCUT2D eigenvalue weighted by Gasteiger charge is 2.22. The number of carbonyl (C=O) groups is 1. The first-order chi connectivity index (χ1) is 8.33. The quantitative estimate of drug-likeness (QED) is 0.539. The molecule has 1 rings (SSSR count). The summed E-state index contributed by atoms with van der Waals surface area (Å²) in [5.41, 5.74) is 0. The van der Waals surface area contributed by atoms with E-state index >= 15 is 0 Å².